The number of amides is 1. The minimum atomic E-state index is -0.670. The van der Waals surface area contributed by atoms with E-state index in [1.54, 1.807) is 36.4 Å². The molecule has 6 heteroatoms. The van der Waals surface area contributed by atoms with Gasteiger partial charge in [0.2, 0.25) is 0 Å². The topological polar surface area (TPSA) is 64.6 Å². The first kappa shape index (κ1) is 19.8. The number of anilines is 1. The number of hydrogen-bond donors (Lipinski definition) is 1. The normalized spacial score (nSPS) is 11.6. The van der Waals surface area contributed by atoms with Crippen molar-refractivity contribution in [3.63, 3.8) is 0 Å². The van der Waals surface area contributed by atoms with Gasteiger partial charge < -0.3 is 14.8 Å². The number of nitrogens with one attached hydrogen (secondary N) is 1. The summed E-state index contributed by atoms with van der Waals surface area (Å²) in [6, 6.07) is 10.3. The predicted octanol–water partition coefficient (Wildman–Crippen LogP) is 4.54. The number of methoxy groups -OCH3 is 1. The van der Waals surface area contributed by atoms with Crippen molar-refractivity contribution in [2.24, 2.45) is 0 Å². The van der Waals surface area contributed by atoms with E-state index in [0.717, 1.165) is 11.1 Å². The molecule has 138 valence electrons. The van der Waals surface area contributed by atoms with Crippen LogP contribution in [0.5, 0.6) is 5.75 Å². The Morgan fingerprint density at radius 1 is 1.12 bits per heavy atom. The lowest BCUT2D eigenvalue weighted by molar-refractivity contribution is -0.122. The summed E-state index contributed by atoms with van der Waals surface area (Å²) >= 11 is 6.02. The van der Waals surface area contributed by atoms with Crippen molar-refractivity contribution in [2.75, 3.05) is 12.4 Å². The molecule has 0 spiro atoms. The highest BCUT2D eigenvalue weighted by atomic mass is 35.5. The molecule has 0 fully saturated rings. The molecule has 2 aromatic carbocycles. The van der Waals surface area contributed by atoms with Crippen molar-refractivity contribution in [1.29, 1.82) is 0 Å². The Morgan fingerprint density at radius 2 is 1.85 bits per heavy atom. The molecule has 0 aliphatic rings. The van der Waals surface area contributed by atoms with Crippen molar-refractivity contribution < 1.29 is 19.1 Å². The largest absolute Gasteiger partial charge is 0.481 e. The Morgan fingerprint density at radius 3 is 2.46 bits per heavy atom. The van der Waals surface area contributed by atoms with E-state index in [1.165, 1.54) is 7.11 Å². The molecule has 0 bridgehead atoms. The highest BCUT2D eigenvalue weighted by Crippen LogP contribution is 2.23. The molecule has 0 aromatic heterocycles. The Hall–Kier alpha value is -2.53. The highest BCUT2D eigenvalue weighted by Gasteiger charge is 2.20. The van der Waals surface area contributed by atoms with Crippen molar-refractivity contribution in [1.82, 2.24) is 0 Å². The maximum atomic E-state index is 12.6. The quantitative estimate of drug-likeness (QED) is 0.753. The number of benzene rings is 2. The van der Waals surface area contributed by atoms with Gasteiger partial charge in [0.15, 0.2) is 6.10 Å². The second-order valence-electron chi connectivity index (χ2n) is 5.94. The minimum absolute atomic E-state index is 0.287. The summed E-state index contributed by atoms with van der Waals surface area (Å²) in [5, 5.41) is 3.47. The highest BCUT2D eigenvalue weighted by molar-refractivity contribution is 6.31. The van der Waals surface area contributed by atoms with E-state index in [-0.39, 0.29) is 5.91 Å². The van der Waals surface area contributed by atoms with Crippen LogP contribution >= 0.6 is 11.6 Å². The number of esters is 1. The zero-order valence-corrected chi connectivity index (χ0v) is 16.0. The summed E-state index contributed by atoms with van der Waals surface area (Å²) in [5.74, 6) is -0.167. The lowest BCUT2D eigenvalue weighted by Crippen LogP contribution is -2.32. The van der Waals surface area contributed by atoms with Gasteiger partial charge in [-0.2, -0.15) is 0 Å². The molecular weight excluding hydrogens is 354 g/mol. The van der Waals surface area contributed by atoms with Crippen LogP contribution < -0.4 is 10.1 Å². The molecule has 1 atom stereocenters. The Kier molecular flexibility index (Phi) is 6.64. The summed E-state index contributed by atoms with van der Waals surface area (Å²) < 4.78 is 10.5. The number of hydrogen-bond acceptors (Lipinski definition) is 4. The zero-order valence-electron chi connectivity index (χ0n) is 15.3. The molecule has 0 aliphatic carbocycles. The predicted molar refractivity (Wildman–Crippen MR) is 102 cm³/mol. The molecule has 1 amide bonds. The van der Waals surface area contributed by atoms with Crippen LogP contribution in [0.1, 0.15) is 34.8 Å². The number of carbonyl (C=O) groups is 2. The summed E-state index contributed by atoms with van der Waals surface area (Å²) in [6.07, 6.45) is -0.180. The van der Waals surface area contributed by atoms with Gasteiger partial charge in [-0.15, -0.1) is 0 Å². The maximum Gasteiger partial charge on any atom is 0.337 e. The lowest BCUT2D eigenvalue weighted by Gasteiger charge is -2.19. The van der Waals surface area contributed by atoms with Crippen molar-refractivity contribution >= 4 is 29.2 Å². The van der Waals surface area contributed by atoms with Crippen LogP contribution in [0.3, 0.4) is 0 Å². The van der Waals surface area contributed by atoms with Gasteiger partial charge in [0, 0.05) is 10.7 Å². The first-order chi connectivity index (χ1) is 12.3. The van der Waals surface area contributed by atoms with E-state index in [2.05, 4.69) is 5.32 Å². The van der Waals surface area contributed by atoms with Crippen molar-refractivity contribution in [3.8, 4) is 5.75 Å². The summed E-state index contributed by atoms with van der Waals surface area (Å²) in [7, 11) is 1.31. The molecule has 0 aliphatic heterocycles. The number of ether oxygens (including phenoxy) is 2. The van der Waals surface area contributed by atoms with Crippen LogP contribution in [0.15, 0.2) is 36.4 Å². The zero-order chi connectivity index (χ0) is 19.3. The Labute approximate surface area is 158 Å². The SMILES string of the molecule is CCC(Oc1ccc(Cl)c(C)c1)C(=O)Nc1cc(C(=O)OC)ccc1C. The third-order valence-electron chi connectivity index (χ3n) is 3.99. The summed E-state index contributed by atoms with van der Waals surface area (Å²) in [6.45, 7) is 5.59. The summed E-state index contributed by atoms with van der Waals surface area (Å²) in [4.78, 5) is 24.3. The second-order valence-corrected chi connectivity index (χ2v) is 6.34. The Balaban J connectivity index is 2.16. The molecule has 5 nitrogen and oxygen atoms in total. The van der Waals surface area contributed by atoms with Gasteiger partial charge in [0.05, 0.1) is 12.7 Å². The van der Waals surface area contributed by atoms with Gasteiger partial charge >= 0.3 is 5.97 Å². The fourth-order valence-corrected chi connectivity index (χ4v) is 2.51. The molecule has 2 aromatic rings. The van der Waals surface area contributed by atoms with Gasteiger partial charge in [0.1, 0.15) is 5.75 Å². The van der Waals surface area contributed by atoms with E-state index < -0.39 is 12.1 Å². The standard InChI is InChI=1S/C20H22ClNO4/c1-5-18(26-15-8-9-16(21)13(3)10-15)19(23)22-17-11-14(20(24)25-4)7-6-12(17)2/h6-11,18H,5H2,1-4H3,(H,22,23). The fourth-order valence-electron chi connectivity index (χ4n) is 2.39. The van der Waals surface area contributed by atoms with E-state index in [4.69, 9.17) is 21.1 Å². The van der Waals surface area contributed by atoms with Crippen molar-refractivity contribution in [2.45, 2.75) is 33.3 Å². The van der Waals surface area contributed by atoms with E-state index in [1.807, 2.05) is 20.8 Å². The molecule has 0 saturated heterocycles. The van der Waals surface area contributed by atoms with E-state index >= 15 is 0 Å². The van der Waals surface area contributed by atoms with Crippen LogP contribution in [0.4, 0.5) is 5.69 Å². The molecular formula is C20H22ClNO4. The molecule has 2 rings (SSSR count). The molecule has 26 heavy (non-hydrogen) atoms. The maximum absolute atomic E-state index is 12.6. The molecule has 0 radical (unpaired) electrons. The third kappa shape index (κ3) is 4.76. The number of carbonyl (C=O) groups excluding carboxylic acids is 2. The molecule has 0 heterocycles. The van der Waals surface area contributed by atoms with E-state index in [9.17, 15) is 9.59 Å². The summed E-state index contributed by atoms with van der Waals surface area (Å²) in [5.41, 5.74) is 2.63. The van der Waals surface area contributed by atoms with Gasteiger partial charge in [-0.1, -0.05) is 24.6 Å². The third-order valence-corrected chi connectivity index (χ3v) is 4.41. The first-order valence-corrected chi connectivity index (χ1v) is 8.66. The number of aryl methyl sites for hydroxylation is 2. The average molecular weight is 376 g/mol. The number of halogens is 1. The molecule has 1 unspecified atom stereocenters. The minimum Gasteiger partial charge on any atom is -0.481 e. The number of rotatable bonds is 6. The molecule has 0 saturated carbocycles. The van der Waals surface area contributed by atoms with Crippen LogP contribution in [0.2, 0.25) is 5.02 Å². The van der Waals surface area contributed by atoms with Crippen LogP contribution in [0.25, 0.3) is 0 Å². The smallest absolute Gasteiger partial charge is 0.337 e. The van der Waals surface area contributed by atoms with Gasteiger partial charge in [0.25, 0.3) is 5.91 Å². The van der Waals surface area contributed by atoms with E-state index in [0.29, 0.717) is 28.4 Å². The second kappa shape index (κ2) is 8.72. The van der Waals surface area contributed by atoms with Crippen LogP contribution in [-0.2, 0) is 9.53 Å². The monoisotopic (exact) mass is 375 g/mol. The van der Waals surface area contributed by atoms with Crippen LogP contribution in [-0.4, -0.2) is 25.1 Å². The van der Waals surface area contributed by atoms with Gasteiger partial charge in [-0.05, 0) is 61.7 Å². The van der Waals surface area contributed by atoms with Gasteiger partial charge in [-0.3, -0.25) is 4.79 Å². The fraction of sp³-hybridized carbons (Fsp3) is 0.300. The first-order valence-electron chi connectivity index (χ1n) is 8.28. The Bertz CT molecular complexity index is 819. The van der Waals surface area contributed by atoms with Gasteiger partial charge in [-0.25, -0.2) is 4.79 Å². The lowest BCUT2D eigenvalue weighted by atomic mass is 10.1. The molecule has 1 N–H and O–H groups in total. The average Bonchev–Trinajstić information content (AvgIpc) is 2.63. The van der Waals surface area contributed by atoms with Crippen LogP contribution in [0, 0.1) is 13.8 Å². The van der Waals surface area contributed by atoms with Crippen molar-refractivity contribution in [3.05, 3.63) is 58.1 Å².